The highest BCUT2D eigenvalue weighted by Gasteiger charge is 2.15. The number of furan rings is 1. The summed E-state index contributed by atoms with van der Waals surface area (Å²) < 4.78 is 18.0. The van der Waals surface area contributed by atoms with E-state index in [0.717, 1.165) is 11.6 Å². The van der Waals surface area contributed by atoms with Crippen LogP contribution in [0, 0.1) is 5.82 Å². The number of aliphatic hydroxyl groups excluding tert-OH is 1. The number of amides is 1. The van der Waals surface area contributed by atoms with E-state index >= 15 is 0 Å². The van der Waals surface area contributed by atoms with Gasteiger partial charge >= 0.3 is 0 Å². The number of hydrogen-bond donors (Lipinski definition) is 2. The molecule has 0 saturated carbocycles. The summed E-state index contributed by atoms with van der Waals surface area (Å²) in [6, 6.07) is 5.01. The molecule has 0 fully saturated rings. The zero-order valence-electron chi connectivity index (χ0n) is 10.5. The Bertz CT molecular complexity index is 586. The number of hydrogen-bond acceptors (Lipinski definition) is 3. The SMILES string of the molecule is O=C(NC(CO)Cc1ccoc1)c1ccc(F)c(Cl)c1. The summed E-state index contributed by atoms with van der Waals surface area (Å²) >= 11 is 5.63. The number of aliphatic hydroxyl groups is 1. The summed E-state index contributed by atoms with van der Waals surface area (Å²) in [7, 11) is 0. The molecule has 0 aliphatic heterocycles. The van der Waals surface area contributed by atoms with Gasteiger partial charge in [0.2, 0.25) is 0 Å². The van der Waals surface area contributed by atoms with E-state index < -0.39 is 17.8 Å². The van der Waals surface area contributed by atoms with E-state index in [4.69, 9.17) is 16.0 Å². The van der Waals surface area contributed by atoms with Gasteiger partial charge in [-0.2, -0.15) is 0 Å². The minimum atomic E-state index is -0.583. The number of halogens is 2. The van der Waals surface area contributed by atoms with Crippen LogP contribution < -0.4 is 5.32 Å². The van der Waals surface area contributed by atoms with Crippen molar-refractivity contribution in [2.24, 2.45) is 0 Å². The molecule has 0 saturated heterocycles. The Balaban J connectivity index is 2.03. The highest BCUT2D eigenvalue weighted by atomic mass is 35.5. The van der Waals surface area contributed by atoms with E-state index in [9.17, 15) is 14.3 Å². The molecule has 2 aromatic rings. The van der Waals surface area contributed by atoms with E-state index in [1.807, 2.05) is 0 Å². The maximum Gasteiger partial charge on any atom is 0.251 e. The van der Waals surface area contributed by atoms with Crippen LogP contribution >= 0.6 is 11.6 Å². The molecule has 1 unspecified atom stereocenters. The van der Waals surface area contributed by atoms with E-state index in [2.05, 4.69) is 5.32 Å². The molecule has 1 heterocycles. The fraction of sp³-hybridized carbons (Fsp3) is 0.214. The van der Waals surface area contributed by atoms with Crippen LogP contribution in [0.2, 0.25) is 5.02 Å². The molecular weight excluding hydrogens is 285 g/mol. The number of nitrogens with one attached hydrogen (secondary N) is 1. The smallest absolute Gasteiger partial charge is 0.251 e. The molecule has 1 aromatic heterocycles. The molecule has 106 valence electrons. The molecule has 0 radical (unpaired) electrons. The molecule has 2 rings (SSSR count). The van der Waals surface area contributed by atoms with Gasteiger partial charge in [0.25, 0.3) is 5.91 Å². The molecule has 1 amide bonds. The van der Waals surface area contributed by atoms with E-state index in [0.29, 0.717) is 6.42 Å². The molecule has 6 heteroatoms. The molecule has 0 bridgehead atoms. The maximum absolute atomic E-state index is 13.0. The molecule has 0 aliphatic rings. The lowest BCUT2D eigenvalue weighted by atomic mass is 10.1. The van der Waals surface area contributed by atoms with Gasteiger partial charge in [0.1, 0.15) is 5.82 Å². The Morgan fingerprint density at radius 2 is 2.25 bits per heavy atom. The van der Waals surface area contributed by atoms with Crippen LogP contribution in [0.4, 0.5) is 4.39 Å². The van der Waals surface area contributed by atoms with Gasteiger partial charge in [-0.15, -0.1) is 0 Å². The van der Waals surface area contributed by atoms with Crippen molar-refractivity contribution >= 4 is 17.5 Å². The zero-order valence-corrected chi connectivity index (χ0v) is 11.2. The van der Waals surface area contributed by atoms with Crippen LogP contribution in [0.15, 0.2) is 41.2 Å². The summed E-state index contributed by atoms with van der Waals surface area (Å²) in [6.07, 6.45) is 3.50. The third kappa shape index (κ3) is 3.59. The highest BCUT2D eigenvalue weighted by Crippen LogP contribution is 2.16. The van der Waals surface area contributed by atoms with Crippen molar-refractivity contribution < 1.29 is 18.7 Å². The van der Waals surface area contributed by atoms with Crippen molar-refractivity contribution in [3.05, 3.63) is 58.8 Å². The van der Waals surface area contributed by atoms with E-state index in [-0.39, 0.29) is 17.2 Å². The lowest BCUT2D eigenvalue weighted by Gasteiger charge is -2.15. The Labute approximate surface area is 120 Å². The van der Waals surface area contributed by atoms with Gasteiger partial charge in [0, 0.05) is 5.56 Å². The third-order valence-electron chi connectivity index (χ3n) is 2.80. The predicted octanol–water partition coefficient (Wildman–Crippen LogP) is 2.41. The lowest BCUT2D eigenvalue weighted by Crippen LogP contribution is -2.39. The van der Waals surface area contributed by atoms with Crippen LogP contribution in [0.5, 0.6) is 0 Å². The third-order valence-corrected chi connectivity index (χ3v) is 3.09. The Kier molecular flexibility index (Phi) is 4.76. The van der Waals surface area contributed by atoms with Crippen LogP contribution in [-0.4, -0.2) is 23.7 Å². The number of rotatable bonds is 5. The van der Waals surface area contributed by atoms with Gasteiger partial charge in [0.15, 0.2) is 0 Å². The van der Waals surface area contributed by atoms with Crippen molar-refractivity contribution in [3.63, 3.8) is 0 Å². The van der Waals surface area contributed by atoms with Crippen LogP contribution in [0.25, 0.3) is 0 Å². The van der Waals surface area contributed by atoms with E-state index in [1.165, 1.54) is 18.4 Å². The fourth-order valence-electron chi connectivity index (χ4n) is 1.76. The summed E-state index contributed by atoms with van der Waals surface area (Å²) in [6.45, 7) is -0.216. The number of benzene rings is 1. The first-order chi connectivity index (χ1) is 9.60. The van der Waals surface area contributed by atoms with Gasteiger partial charge in [-0.3, -0.25) is 4.79 Å². The summed E-state index contributed by atoms with van der Waals surface area (Å²) in [4.78, 5) is 12.0. The van der Waals surface area contributed by atoms with Crippen molar-refractivity contribution in [1.29, 1.82) is 0 Å². The largest absolute Gasteiger partial charge is 0.472 e. The first kappa shape index (κ1) is 14.6. The van der Waals surface area contributed by atoms with Gasteiger partial charge < -0.3 is 14.8 Å². The topological polar surface area (TPSA) is 62.5 Å². The second-order valence-corrected chi connectivity index (χ2v) is 4.72. The Morgan fingerprint density at radius 1 is 1.45 bits per heavy atom. The van der Waals surface area contributed by atoms with Crippen molar-refractivity contribution in [2.75, 3.05) is 6.61 Å². The Morgan fingerprint density at radius 3 is 2.85 bits per heavy atom. The van der Waals surface area contributed by atoms with Crippen molar-refractivity contribution in [3.8, 4) is 0 Å². The normalized spacial score (nSPS) is 12.2. The zero-order chi connectivity index (χ0) is 14.5. The molecule has 1 aromatic carbocycles. The van der Waals surface area contributed by atoms with Crippen molar-refractivity contribution in [2.45, 2.75) is 12.5 Å². The van der Waals surface area contributed by atoms with Crippen LogP contribution in [-0.2, 0) is 6.42 Å². The van der Waals surface area contributed by atoms with E-state index in [1.54, 1.807) is 12.3 Å². The monoisotopic (exact) mass is 297 g/mol. The molecule has 0 aliphatic carbocycles. The van der Waals surface area contributed by atoms with Crippen LogP contribution in [0.1, 0.15) is 15.9 Å². The average Bonchev–Trinajstić information content (AvgIpc) is 2.93. The molecule has 0 spiro atoms. The fourth-order valence-corrected chi connectivity index (χ4v) is 1.94. The van der Waals surface area contributed by atoms with Gasteiger partial charge in [-0.1, -0.05) is 11.6 Å². The number of carbonyl (C=O) groups is 1. The highest BCUT2D eigenvalue weighted by molar-refractivity contribution is 6.31. The molecule has 2 N–H and O–H groups in total. The lowest BCUT2D eigenvalue weighted by molar-refractivity contribution is 0.0916. The molecule has 4 nitrogen and oxygen atoms in total. The maximum atomic E-state index is 13.0. The minimum absolute atomic E-state index is 0.118. The average molecular weight is 298 g/mol. The summed E-state index contributed by atoms with van der Waals surface area (Å²) in [5, 5.41) is 11.8. The second-order valence-electron chi connectivity index (χ2n) is 4.32. The van der Waals surface area contributed by atoms with Crippen molar-refractivity contribution in [1.82, 2.24) is 5.32 Å². The first-order valence-electron chi connectivity index (χ1n) is 5.98. The van der Waals surface area contributed by atoms with Gasteiger partial charge in [0.05, 0.1) is 30.2 Å². The second kappa shape index (κ2) is 6.54. The van der Waals surface area contributed by atoms with Crippen LogP contribution in [0.3, 0.4) is 0 Å². The molecular formula is C14H13ClFNO3. The number of carbonyl (C=O) groups excluding carboxylic acids is 1. The summed E-state index contributed by atoms with van der Waals surface area (Å²) in [5.41, 5.74) is 1.10. The Hall–Kier alpha value is -1.85. The standard InChI is InChI=1S/C14H13ClFNO3/c15-12-6-10(1-2-13(12)16)14(19)17-11(7-18)5-9-3-4-20-8-9/h1-4,6,8,11,18H,5,7H2,(H,17,19). The predicted molar refractivity (Wildman–Crippen MR) is 72.2 cm³/mol. The minimum Gasteiger partial charge on any atom is -0.472 e. The van der Waals surface area contributed by atoms with Gasteiger partial charge in [-0.25, -0.2) is 4.39 Å². The first-order valence-corrected chi connectivity index (χ1v) is 6.36. The molecule has 1 atom stereocenters. The van der Waals surface area contributed by atoms with Gasteiger partial charge in [-0.05, 0) is 36.2 Å². The summed E-state index contributed by atoms with van der Waals surface area (Å²) in [5.74, 6) is -1.00. The quantitative estimate of drug-likeness (QED) is 0.891. The molecule has 20 heavy (non-hydrogen) atoms.